The van der Waals surface area contributed by atoms with Crippen LogP contribution >= 0.6 is 11.8 Å². The molecule has 0 radical (unpaired) electrons. The normalized spacial score (nSPS) is 13.1. The minimum atomic E-state index is -0.775. The van der Waals surface area contributed by atoms with Gasteiger partial charge in [-0.05, 0) is 0 Å². The zero-order valence-corrected chi connectivity index (χ0v) is 9.11. The van der Waals surface area contributed by atoms with Gasteiger partial charge in [0, 0.05) is 5.75 Å². The zero-order valence-electron chi connectivity index (χ0n) is 8.29. The highest BCUT2D eigenvalue weighted by Gasteiger charge is 2.10. The number of hydrogen-bond donors (Lipinski definition) is 4. The summed E-state index contributed by atoms with van der Waals surface area (Å²) in [5.74, 6) is 0.491. The molecule has 8 heteroatoms. The number of fused-ring (bicyclic) bond motifs is 1. The summed E-state index contributed by atoms with van der Waals surface area (Å²) < 4.78 is 0. The molecule has 0 bridgehead atoms. The maximum absolute atomic E-state index is 9.24. The van der Waals surface area contributed by atoms with Gasteiger partial charge < -0.3 is 15.9 Å². The molecule has 2 heterocycles. The van der Waals surface area contributed by atoms with Crippen molar-refractivity contribution in [2.45, 2.75) is 11.1 Å². The van der Waals surface area contributed by atoms with E-state index in [1.165, 1.54) is 11.8 Å². The van der Waals surface area contributed by atoms with Crippen molar-refractivity contribution >= 4 is 28.7 Å². The van der Waals surface area contributed by atoms with Gasteiger partial charge in [-0.3, -0.25) is 5.10 Å². The van der Waals surface area contributed by atoms with Crippen LogP contribution in [0.25, 0.3) is 11.0 Å². The summed E-state index contributed by atoms with van der Waals surface area (Å²) in [6, 6.07) is 0. The summed E-state index contributed by atoms with van der Waals surface area (Å²) in [6.07, 6.45) is 0.825. The first kappa shape index (κ1) is 11.1. The van der Waals surface area contributed by atoms with Crippen molar-refractivity contribution < 1.29 is 10.2 Å². The predicted molar refractivity (Wildman–Crippen MR) is 59.9 cm³/mol. The third kappa shape index (κ3) is 2.23. The number of hydrogen-bond acceptors (Lipinski definition) is 7. The van der Waals surface area contributed by atoms with E-state index in [1.54, 1.807) is 6.20 Å². The Morgan fingerprint density at radius 1 is 1.50 bits per heavy atom. The van der Waals surface area contributed by atoms with Gasteiger partial charge in [0.2, 0.25) is 5.95 Å². The van der Waals surface area contributed by atoms with E-state index in [-0.39, 0.29) is 12.6 Å². The van der Waals surface area contributed by atoms with Crippen LogP contribution in [0, 0.1) is 0 Å². The van der Waals surface area contributed by atoms with Crippen molar-refractivity contribution in [3.8, 4) is 0 Å². The Balaban J connectivity index is 2.25. The maximum Gasteiger partial charge on any atom is 0.223 e. The van der Waals surface area contributed by atoms with Gasteiger partial charge in [-0.15, -0.1) is 11.8 Å². The fraction of sp³-hybridized carbons (Fsp3) is 0.375. The van der Waals surface area contributed by atoms with Gasteiger partial charge in [-0.1, -0.05) is 0 Å². The lowest BCUT2D eigenvalue weighted by Gasteiger charge is -2.06. The lowest BCUT2D eigenvalue weighted by atomic mass is 10.4. The molecule has 7 nitrogen and oxygen atoms in total. The molecule has 0 aliphatic carbocycles. The number of aliphatic hydroxyl groups is 2. The van der Waals surface area contributed by atoms with Gasteiger partial charge >= 0.3 is 0 Å². The van der Waals surface area contributed by atoms with Crippen molar-refractivity contribution in [2.75, 3.05) is 18.1 Å². The number of H-pyrrole nitrogens is 1. The van der Waals surface area contributed by atoms with E-state index in [4.69, 9.17) is 10.8 Å². The molecular weight excluding hydrogens is 230 g/mol. The van der Waals surface area contributed by atoms with Crippen LogP contribution in [0.5, 0.6) is 0 Å². The summed E-state index contributed by atoms with van der Waals surface area (Å²) in [5.41, 5.74) is 6.09. The third-order valence-electron chi connectivity index (χ3n) is 1.92. The smallest absolute Gasteiger partial charge is 0.223 e. The standard InChI is InChI=1S/C8H11N5O2S/c9-8-11-6-5(1-10-13-6)7(12-8)16-3-4(15)2-14/h1,4,14-15H,2-3H2,(H3,9,10,11,12,13). The molecule has 86 valence electrons. The van der Waals surface area contributed by atoms with E-state index in [2.05, 4.69) is 20.2 Å². The van der Waals surface area contributed by atoms with Gasteiger partial charge in [-0.2, -0.15) is 10.1 Å². The van der Waals surface area contributed by atoms with Gasteiger partial charge in [0.05, 0.1) is 24.3 Å². The molecule has 0 aromatic carbocycles. The zero-order chi connectivity index (χ0) is 11.5. The van der Waals surface area contributed by atoms with Gasteiger partial charge in [0.15, 0.2) is 5.65 Å². The number of nitrogens with zero attached hydrogens (tertiary/aromatic N) is 3. The number of aromatic nitrogens is 4. The van der Waals surface area contributed by atoms with Crippen LogP contribution in [-0.4, -0.2) is 48.8 Å². The minimum absolute atomic E-state index is 0.151. The number of rotatable bonds is 4. The Morgan fingerprint density at radius 2 is 2.31 bits per heavy atom. The molecule has 0 saturated heterocycles. The molecule has 0 fully saturated rings. The van der Waals surface area contributed by atoms with E-state index >= 15 is 0 Å². The number of thioether (sulfide) groups is 1. The first-order chi connectivity index (χ1) is 7.70. The highest BCUT2D eigenvalue weighted by atomic mass is 32.2. The van der Waals surface area contributed by atoms with Crippen molar-refractivity contribution in [3.63, 3.8) is 0 Å². The van der Waals surface area contributed by atoms with Gasteiger partial charge in [0.25, 0.3) is 0 Å². The van der Waals surface area contributed by atoms with E-state index in [0.717, 1.165) is 5.39 Å². The number of nitrogens with two attached hydrogens (primary N) is 1. The topological polar surface area (TPSA) is 121 Å². The SMILES string of the molecule is Nc1nc(SCC(O)CO)c2cn[nH]c2n1. The molecule has 0 aliphatic heterocycles. The number of nitrogen functional groups attached to an aromatic ring is 1. The first-order valence-electron chi connectivity index (χ1n) is 4.59. The average Bonchev–Trinajstić information content (AvgIpc) is 2.73. The molecule has 0 aliphatic rings. The molecule has 2 rings (SSSR count). The van der Waals surface area contributed by atoms with Crippen molar-refractivity contribution in [2.24, 2.45) is 0 Å². The van der Waals surface area contributed by atoms with Crippen LogP contribution in [0.3, 0.4) is 0 Å². The Hall–Kier alpha value is -1.38. The molecule has 0 amide bonds. The second-order valence-corrected chi connectivity index (χ2v) is 4.18. The quantitative estimate of drug-likeness (QED) is 0.416. The fourth-order valence-corrected chi connectivity index (χ4v) is 2.08. The Morgan fingerprint density at radius 3 is 3.06 bits per heavy atom. The highest BCUT2D eigenvalue weighted by molar-refractivity contribution is 7.99. The number of anilines is 1. The van der Waals surface area contributed by atoms with Crippen LogP contribution in [0.15, 0.2) is 11.2 Å². The molecule has 0 spiro atoms. The maximum atomic E-state index is 9.24. The molecule has 16 heavy (non-hydrogen) atoms. The summed E-state index contributed by atoms with van der Waals surface area (Å²) in [7, 11) is 0. The Kier molecular flexibility index (Phi) is 3.22. The molecule has 0 saturated carbocycles. The molecule has 1 atom stereocenters. The molecule has 2 aromatic rings. The summed E-state index contributed by atoms with van der Waals surface area (Å²) in [5, 5.41) is 25.9. The average molecular weight is 241 g/mol. The molecule has 1 unspecified atom stereocenters. The summed E-state index contributed by atoms with van der Waals surface area (Å²) in [6.45, 7) is -0.276. The van der Waals surface area contributed by atoms with Crippen LogP contribution in [-0.2, 0) is 0 Å². The van der Waals surface area contributed by atoms with Crippen LogP contribution in [0.4, 0.5) is 5.95 Å². The van der Waals surface area contributed by atoms with Crippen LogP contribution in [0.1, 0.15) is 0 Å². The summed E-state index contributed by atoms with van der Waals surface area (Å²) >= 11 is 1.30. The first-order valence-corrected chi connectivity index (χ1v) is 5.57. The van der Waals surface area contributed by atoms with E-state index in [1.807, 2.05) is 0 Å². The monoisotopic (exact) mass is 241 g/mol. The lowest BCUT2D eigenvalue weighted by molar-refractivity contribution is 0.113. The number of nitrogens with one attached hydrogen (secondary N) is 1. The second kappa shape index (κ2) is 4.64. The molecule has 2 aromatic heterocycles. The molecule has 5 N–H and O–H groups in total. The van der Waals surface area contributed by atoms with Crippen molar-refractivity contribution in [1.29, 1.82) is 0 Å². The van der Waals surface area contributed by atoms with Crippen molar-refractivity contribution in [3.05, 3.63) is 6.20 Å². The number of aromatic amines is 1. The second-order valence-electron chi connectivity index (χ2n) is 3.17. The predicted octanol–water partition coefficient (Wildman–Crippen LogP) is -0.620. The van der Waals surface area contributed by atoms with E-state index < -0.39 is 6.10 Å². The van der Waals surface area contributed by atoms with E-state index in [0.29, 0.717) is 16.4 Å². The number of aliphatic hydroxyl groups excluding tert-OH is 2. The van der Waals surface area contributed by atoms with E-state index in [9.17, 15) is 5.11 Å². The molecular formula is C8H11N5O2S. The highest BCUT2D eigenvalue weighted by Crippen LogP contribution is 2.24. The van der Waals surface area contributed by atoms with Crippen molar-refractivity contribution in [1.82, 2.24) is 20.2 Å². The van der Waals surface area contributed by atoms with Crippen LogP contribution < -0.4 is 5.73 Å². The van der Waals surface area contributed by atoms with Crippen LogP contribution in [0.2, 0.25) is 0 Å². The third-order valence-corrected chi connectivity index (χ3v) is 3.05. The fourth-order valence-electron chi connectivity index (χ4n) is 1.16. The van der Waals surface area contributed by atoms with Gasteiger partial charge in [-0.25, -0.2) is 4.98 Å². The Bertz CT molecular complexity index is 488. The summed E-state index contributed by atoms with van der Waals surface area (Å²) in [4.78, 5) is 8.02. The Labute approximate surface area is 95.1 Å². The largest absolute Gasteiger partial charge is 0.394 e. The lowest BCUT2D eigenvalue weighted by Crippen LogP contribution is -2.14. The van der Waals surface area contributed by atoms with Gasteiger partial charge in [0.1, 0.15) is 5.03 Å². The minimum Gasteiger partial charge on any atom is -0.394 e.